The molecule has 0 N–H and O–H groups in total. The van der Waals surface area contributed by atoms with Gasteiger partial charge in [-0.05, 0) is 51.3 Å². The summed E-state index contributed by atoms with van der Waals surface area (Å²) in [5, 5.41) is 4.63. The summed E-state index contributed by atoms with van der Waals surface area (Å²) in [5.41, 5.74) is 3.96. The fraction of sp³-hybridized carbons (Fsp3) is 0.524. The summed E-state index contributed by atoms with van der Waals surface area (Å²) >= 11 is 0. The Bertz CT molecular complexity index is 730. The lowest BCUT2D eigenvalue weighted by Crippen LogP contribution is -2.36. The van der Waals surface area contributed by atoms with Gasteiger partial charge in [-0.15, -0.1) is 0 Å². The second-order valence-electron chi connectivity index (χ2n) is 6.82. The monoisotopic (exact) mass is 355 g/mol. The van der Waals surface area contributed by atoms with Gasteiger partial charge >= 0.3 is 0 Å². The molecule has 26 heavy (non-hydrogen) atoms. The average Bonchev–Trinajstić information content (AvgIpc) is 2.98. The molecule has 0 aliphatic carbocycles. The molecule has 0 bridgehead atoms. The third-order valence-corrected chi connectivity index (χ3v) is 4.54. The topological polar surface area (TPSA) is 36.7 Å². The van der Waals surface area contributed by atoms with Crippen molar-refractivity contribution < 1.29 is 0 Å². The molecule has 0 saturated carbocycles. The molecule has 0 aromatic carbocycles. The molecule has 0 amide bonds. The predicted octanol–water partition coefficient (Wildman–Crippen LogP) is 4.44. The SMILES string of the molecule is C=C(/C=C1/N=C(C)C=C(N(CCC)CCC)N1C)c1cc(C)n(CC)n1. The van der Waals surface area contributed by atoms with E-state index in [2.05, 4.69) is 75.3 Å². The number of rotatable bonds is 8. The van der Waals surface area contributed by atoms with Crippen LogP contribution in [0.2, 0.25) is 0 Å². The molecule has 0 unspecified atom stereocenters. The first-order valence-electron chi connectivity index (χ1n) is 9.62. The van der Waals surface area contributed by atoms with Crippen molar-refractivity contribution in [1.29, 1.82) is 0 Å². The van der Waals surface area contributed by atoms with Crippen LogP contribution in [0.25, 0.3) is 5.57 Å². The van der Waals surface area contributed by atoms with E-state index in [9.17, 15) is 0 Å². The van der Waals surface area contributed by atoms with Crippen molar-refractivity contribution in [2.24, 2.45) is 4.99 Å². The van der Waals surface area contributed by atoms with E-state index < -0.39 is 0 Å². The van der Waals surface area contributed by atoms with Crippen LogP contribution in [-0.2, 0) is 6.54 Å². The van der Waals surface area contributed by atoms with Gasteiger partial charge in [-0.2, -0.15) is 5.10 Å². The predicted molar refractivity (Wildman–Crippen MR) is 111 cm³/mol. The molecular formula is C21H33N5. The third kappa shape index (κ3) is 4.45. The second-order valence-corrected chi connectivity index (χ2v) is 6.82. The molecule has 1 aliphatic heterocycles. The highest BCUT2D eigenvalue weighted by atomic mass is 15.4. The fourth-order valence-electron chi connectivity index (χ4n) is 3.22. The molecule has 0 spiro atoms. The molecule has 2 heterocycles. The molecule has 142 valence electrons. The van der Waals surface area contributed by atoms with Crippen molar-refractivity contribution in [1.82, 2.24) is 19.6 Å². The summed E-state index contributed by atoms with van der Waals surface area (Å²) < 4.78 is 1.99. The Kier molecular flexibility index (Phi) is 6.83. The summed E-state index contributed by atoms with van der Waals surface area (Å²) in [7, 11) is 2.08. The van der Waals surface area contributed by atoms with Gasteiger partial charge in [-0.25, -0.2) is 4.99 Å². The highest BCUT2D eigenvalue weighted by molar-refractivity contribution is 5.95. The Morgan fingerprint density at radius 2 is 1.85 bits per heavy atom. The molecule has 0 radical (unpaired) electrons. The zero-order valence-corrected chi connectivity index (χ0v) is 17.2. The fourth-order valence-corrected chi connectivity index (χ4v) is 3.22. The van der Waals surface area contributed by atoms with E-state index in [4.69, 9.17) is 4.99 Å². The minimum atomic E-state index is 0.864. The van der Waals surface area contributed by atoms with E-state index >= 15 is 0 Å². The van der Waals surface area contributed by atoms with Gasteiger partial charge in [0.1, 0.15) is 11.6 Å². The summed E-state index contributed by atoms with van der Waals surface area (Å²) in [6.45, 7) is 17.8. The summed E-state index contributed by atoms with van der Waals surface area (Å²) in [5.74, 6) is 2.11. The summed E-state index contributed by atoms with van der Waals surface area (Å²) in [6.07, 6.45) is 6.46. The van der Waals surface area contributed by atoms with Crippen molar-refractivity contribution >= 4 is 11.3 Å². The van der Waals surface area contributed by atoms with Crippen molar-refractivity contribution in [2.45, 2.75) is 54.0 Å². The number of nitrogens with zero attached hydrogens (tertiary/aromatic N) is 5. The zero-order valence-electron chi connectivity index (χ0n) is 17.2. The number of aromatic nitrogens is 2. The van der Waals surface area contributed by atoms with Gasteiger partial charge in [0.25, 0.3) is 0 Å². The second kappa shape index (κ2) is 8.88. The lowest BCUT2D eigenvalue weighted by Gasteiger charge is -2.35. The van der Waals surface area contributed by atoms with Crippen LogP contribution >= 0.6 is 0 Å². The molecule has 1 aromatic heterocycles. The molecule has 0 atom stereocenters. The number of allylic oxidation sites excluding steroid dienone is 3. The number of hydrogen-bond donors (Lipinski definition) is 0. The van der Waals surface area contributed by atoms with Crippen LogP contribution in [0.1, 0.15) is 51.9 Å². The maximum Gasteiger partial charge on any atom is 0.134 e. The van der Waals surface area contributed by atoms with Crippen LogP contribution in [0, 0.1) is 6.92 Å². The average molecular weight is 356 g/mol. The highest BCUT2D eigenvalue weighted by Crippen LogP contribution is 2.25. The molecule has 0 fully saturated rings. The van der Waals surface area contributed by atoms with Gasteiger partial charge in [0.05, 0.1) is 5.69 Å². The number of aryl methyl sites for hydroxylation is 2. The van der Waals surface area contributed by atoms with Gasteiger partial charge in [0, 0.05) is 44.2 Å². The summed E-state index contributed by atoms with van der Waals surface area (Å²) in [4.78, 5) is 9.33. The number of hydrogen-bond acceptors (Lipinski definition) is 4. The normalized spacial score (nSPS) is 15.9. The van der Waals surface area contributed by atoms with Gasteiger partial charge in [-0.3, -0.25) is 4.68 Å². The smallest absolute Gasteiger partial charge is 0.134 e. The number of aliphatic imine (C=N–C) groups is 1. The highest BCUT2D eigenvalue weighted by Gasteiger charge is 2.20. The Hall–Kier alpha value is -2.30. The van der Waals surface area contributed by atoms with Crippen LogP contribution < -0.4 is 0 Å². The van der Waals surface area contributed by atoms with E-state index in [0.717, 1.165) is 61.0 Å². The maximum absolute atomic E-state index is 4.74. The van der Waals surface area contributed by atoms with Gasteiger partial charge < -0.3 is 9.80 Å². The van der Waals surface area contributed by atoms with Gasteiger partial charge in [-0.1, -0.05) is 20.4 Å². The Morgan fingerprint density at radius 3 is 2.38 bits per heavy atom. The van der Waals surface area contributed by atoms with Crippen molar-refractivity contribution in [2.75, 3.05) is 20.1 Å². The minimum absolute atomic E-state index is 0.864. The van der Waals surface area contributed by atoms with Crippen molar-refractivity contribution in [3.05, 3.63) is 47.8 Å². The Labute approximate surface area is 158 Å². The maximum atomic E-state index is 4.74. The molecule has 1 aliphatic rings. The first kappa shape index (κ1) is 20.0. The van der Waals surface area contributed by atoms with E-state index in [1.807, 2.05) is 10.8 Å². The lowest BCUT2D eigenvalue weighted by molar-refractivity contribution is 0.258. The van der Waals surface area contributed by atoms with Crippen LogP contribution in [0.15, 0.2) is 41.4 Å². The summed E-state index contributed by atoms with van der Waals surface area (Å²) in [6, 6.07) is 2.08. The standard InChI is InChI=1S/C21H33N5/c1-8-11-25(12-9-2)21-14-17(5)22-20(24(21)7)13-16(4)19-15-18(6)26(10-3)23-19/h13-15H,4,8-12H2,1-3,5-7H3/b20-13-. The van der Waals surface area contributed by atoms with Crippen LogP contribution in [0.3, 0.4) is 0 Å². The molecule has 1 aromatic rings. The molecular weight excluding hydrogens is 322 g/mol. The molecule has 0 saturated heterocycles. The molecule has 5 nitrogen and oxygen atoms in total. The molecule has 2 rings (SSSR count). The van der Waals surface area contributed by atoms with Crippen LogP contribution in [0.4, 0.5) is 0 Å². The van der Waals surface area contributed by atoms with E-state index in [1.54, 1.807) is 0 Å². The zero-order chi connectivity index (χ0) is 19.3. The lowest BCUT2D eigenvalue weighted by atomic mass is 10.2. The quantitative estimate of drug-likeness (QED) is 0.692. The van der Waals surface area contributed by atoms with Gasteiger partial charge in [0.15, 0.2) is 0 Å². The van der Waals surface area contributed by atoms with Crippen molar-refractivity contribution in [3.8, 4) is 0 Å². The largest absolute Gasteiger partial charge is 0.358 e. The Balaban J connectivity index is 2.30. The van der Waals surface area contributed by atoms with Crippen LogP contribution in [-0.4, -0.2) is 45.4 Å². The van der Waals surface area contributed by atoms with E-state index in [1.165, 1.54) is 5.82 Å². The Morgan fingerprint density at radius 1 is 1.19 bits per heavy atom. The van der Waals surface area contributed by atoms with Crippen LogP contribution in [0.5, 0.6) is 0 Å². The first-order valence-corrected chi connectivity index (χ1v) is 9.62. The van der Waals surface area contributed by atoms with Crippen molar-refractivity contribution in [3.63, 3.8) is 0 Å². The van der Waals surface area contributed by atoms with E-state index in [-0.39, 0.29) is 0 Å². The van der Waals surface area contributed by atoms with E-state index in [0.29, 0.717) is 0 Å². The third-order valence-electron chi connectivity index (χ3n) is 4.54. The first-order chi connectivity index (χ1) is 12.4. The van der Waals surface area contributed by atoms with Gasteiger partial charge in [0.2, 0.25) is 0 Å². The minimum Gasteiger partial charge on any atom is -0.358 e. The molecule has 5 heteroatoms.